The van der Waals surface area contributed by atoms with Gasteiger partial charge in [-0.15, -0.1) is 0 Å². The van der Waals surface area contributed by atoms with E-state index in [4.69, 9.17) is 9.94 Å². The zero-order chi connectivity index (χ0) is 12.4. The molecule has 2 rings (SSSR count). The van der Waals surface area contributed by atoms with Gasteiger partial charge in [0.15, 0.2) is 0 Å². The van der Waals surface area contributed by atoms with Gasteiger partial charge in [-0.2, -0.15) is 0 Å². The Morgan fingerprint density at radius 3 is 2.59 bits per heavy atom. The zero-order valence-electron chi connectivity index (χ0n) is 8.57. The van der Waals surface area contributed by atoms with E-state index >= 15 is 0 Å². The van der Waals surface area contributed by atoms with Crippen LogP contribution in [0.4, 0.5) is 5.69 Å². The Morgan fingerprint density at radius 2 is 2.12 bits per heavy atom. The largest absolute Gasteiger partial charge is 0.478 e. The summed E-state index contributed by atoms with van der Waals surface area (Å²) in [6.07, 6.45) is -0.812. The van der Waals surface area contributed by atoms with E-state index in [1.54, 1.807) is 0 Å². The highest BCUT2D eigenvalue weighted by molar-refractivity contribution is 6.03. The van der Waals surface area contributed by atoms with E-state index in [2.05, 4.69) is 5.16 Å². The summed E-state index contributed by atoms with van der Waals surface area (Å²) in [7, 11) is 0. The summed E-state index contributed by atoms with van der Waals surface area (Å²) in [5.74, 6) is -1.08. The quantitative estimate of drug-likeness (QED) is 0.626. The van der Waals surface area contributed by atoms with Gasteiger partial charge < -0.3 is 9.94 Å². The Balaban J connectivity index is 2.14. The zero-order valence-corrected chi connectivity index (χ0v) is 8.57. The predicted molar refractivity (Wildman–Crippen MR) is 56.8 cm³/mol. The summed E-state index contributed by atoms with van der Waals surface area (Å²) in [5, 5.41) is 22.8. The standard InChI is InChI=1S/C10H8N2O5/c13-10(14)9-5-8(11-17-9)6-1-3-7(4-2-6)12(15)16/h1-4,9H,5H2,(H,13,14)/t9-/m0/s1. The summed E-state index contributed by atoms with van der Waals surface area (Å²) >= 11 is 0. The molecule has 0 aliphatic carbocycles. The first-order valence-corrected chi connectivity index (χ1v) is 4.78. The van der Waals surface area contributed by atoms with Crippen LogP contribution in [0, 0.1) is 10.1 Å². The van der Waals surface area contributed by atoms with Gasteiger partial charge >= 0.3 is 5.97 Å². The molecule has 1 aromatic rings. The van der Waals surface area contributed by atoms with Crippen molar-refractivity contribution in [2.75, 3.05) is 0 Å². The highest BCUT2D eigenvalue weighted by Crippen LogP contribution is 2.19. The molecule has 0 radical (unpaired) electrons. The molecule has 1 atom stereocenters. The molecule has 0 amide bonds. The first-order valence-electron chi connectivity index (χ1n) is 4.78. The number of non-ortho nitro benzene ring substituents is 1. The van der Waals surface area contributed by atoms with Crippen LogP contribution in [0.3, 0.4) is 0 Å². The lowest BCUT2D eigenvalue weighted by molar-refractivity contribution is -0.384. The normalized spacial score (nSPS) is 18.4. The third-order valence-corrected chi connectivity index (χ3v) is 2.36. The van der Waals surface area contributed by atoms with Crippen LogP contribution in [0.15, 0.2) is 29.4 Å². The van der Waals surface area contributed by atoms with Gasteiger partial charge in [0, 0.05) is 18.6 Å². The molecule has 1 aliphatic rings. The minimum Gasteiger partial charge on any atom is -0.478 e. The van der Waals surface area contributed by atoms with Crippen molar-refractivity contribution < 1.29 is 19.7 Å². The molecule has 1 heterocycles. The number of hydrogen-bond donors (Lipinski definition) is 1. The molecule has 7 nitrogen and oxygen atoms in total. The van der Waals surface area contributed by atoms with Gasteiger partial charge in [-0.25, -0.2) is 4.79 Å². The fourth-order valence-electron chi connectivity index (χ4n) is 1.46. The van der Waals surface area contributed by atoms with Crippen LogP contribution in [0.1, 0.15) is 12.0 Å². The van der Waals surface area contributed by atoms with Gasteiger partial charge in [-0.05, 0) is 17.7 Å². The first kappa shape index (κ1) is 11.1. The number of hydrogen-bond acceptors (Lipinski definition) is 5. The van der Waals surface area contributed by atoms with E-state index in [0.29, 0.717) is 11.3 Å². The number of carboxylic acids is 1. The average Bonchev–Trinajstić information content (AvgIpc) is 2.78. The van der Waals surface area contributed by atoms with Crippen LogP contribution in [-0.4, -0.2) is 27.8 Å². The van der Waals surface area contributed by atoms with Crippen molar-refractivity contribution in [3.05, 3.63) is 39.9 Å². The third-order valence-electron chi connectivity index (χ3n) is 2.36. The molecule has 1 N–H and O–H groups in total. The lowest BCUT2D eigenvalue weighted by Crippen LogP contribution is -2.19. The Hall–Kier alpha value is -2.44. The number of rotatable bonds is 3. The molecule has 1 aromatic carbocycles. The predicted octanol–water partition coefficient (Wildman–Crippen LogP) is 1.17. The maximum Gasteiger partial charge on any atom is 0.348 e. The molecule has 0 bridgehead atoms. The molecule has 0 aromatic heterocycles. The molecular weight excluding hydrogens is 228 g/mol. The number of carbonyl (C=O) groups is 1. The van der Waals surface area contributed by atoms with Crippen LogP contribution >= 0.6 is 0 Å². The van der Waals surface area contributed by atoms with Gasteiger partial charge in [0.25, 0.3) is 5.69 Å². The van der Waals surface area contributed by atoms with Crippen molar-refractivity contribution in [3.8, 4) is 0 Å². The Morgan fingerprint density at radius 1 is 1.47 bits per heavy atom. The van der Waals surface area contributed by atoms with E-state index in [9.17, 15) is 14.9 Å². The number of benzene rings is 1. The Bertz CT molecular complexity index is 494. The summed E-state index contributed by atoms with van der Waals surface area (Å²) < 4.78 is 0. The van der Waals surface area contributed by atoms with Crippen molar-refractivity contribution >= 4 is 17.4 Å². The lowest BCUT2D eigenvalue weighted by atomic mass is 10.0. The molecule has 0 spiro atoms. The van der Waals surface area contributed by atoms with E-state index in [0.717, 1.165) is 0 Å². The summed E-state index contributed by atoms with van der Waals surface area (Å²) in [6.45, 7) is 0. The van der Waals surface area contributed by atoms with Gasteiger partial charge in [0.1, 0.15) is 0 Å². The molecule has 0 saturated carbocycles. The van der Waals surface area contributed by atoms with Crippen LogP contribution in [0.2, 0.25) is 0 Å². The average molecular weight is 236 g/mol. The number of carboxylic acid groups (broad SMARTS) is 1. The molecule has 1 aliphatic heterocycles. The minimum atomic E-state index is -1.08. The SMILES string of the molecule is O=C(O)[C@@H]1CC(c2ccc([N+](=O)[O-])cc2)=NO1. The number of aliphatic carboxylic acids is 1. The molecule has 17 heavy (non-hydrogen) atoms. The topological polar surface area (TPSA) is 102 Å². The van der Waals surface area contributed by atoms with Crippen LogP contribution in [-0.2, 0) is 9.63 Å². The second-order valence-corrected chi connectivity index (χ2v) is 3.48. The lowest BCUT2D eigenvalue weighted by Gasteiger charge is -2.00. The number of nitrogens with zero attached hydrogens (tertiary/aromatic N) is 2. The number of oxime groups is 1. The van der Waals surface area contributed by atoms with Crippen molar-refractivity contribution in [2.45, 2.75) is 12.5 Å². The van der Waals surface area contributed by atoms with E-state index in [-0.39, 0.29) is 12.1 Å². The van der Waals surface area contributed by atoms with Crippen molar-refractivity contribution in [1.82, 2.24) is 0 Å². The maximum atomic E-state index is 10.6. The van der Waals surface area contributed by atoms with Crippen LogP contribution in [0.25, 0.3) is 0 Å². The summed E-state index contributed by atoms with van der Waals surface area (Å²) in [4.78, 5) is 25.3. The molecule has 88 valence electrons. The molecule has 7 heteroatoms. The van der Waals surface area contributed by atoms with Gasteiger partial charge in [0.05, 0.1) is 10.6 Å². The number of nitro groups is 1. The maximum absolute atomic E-state index is 10.6. The highest BCUT2D eigenvalue weighted by Gasteiger charge is 2.28. The second-order valence-electron chi connectivity index (χ2n) is 3.48. The molecular formula is C10H8N2O5. The third kappa shape index (κ3) is 2.22. The van der Waals surface area contributed by atoms with E-state index in [1.165, 1.54) is 24.3 Å². The van der Waals surface area contributed by atoms with Crippen molar-refractivity contribution in [1.29, 1.82) is 0 Å². The highest BCUT2D eigenvalue weighted by atomic mass is 16.7. The minimum absolute atomic E-state index is 0.0250. The smallest absolute Gasteiger partial charge is 0.348 e. The fourth-order valence-corrected chi connectivity index (χ4v) is 1.46. The first-order chi connectivity index (χ1) is 8.08. The Labute approximate surface area is 95.5 Å². The van der Waals surface area contributed by atoms with Crippen LogP contribution < -0.4 is 0 Å². The van der Waals surface area contributed by atoms with Crippen LogP contribution in [0.5, 0.6) is 0 Å². The van der Waals surface area contributed by atoms with Gasteiger partial charge in [0.2, 0.25) is 6.10 Å². The van der Waals surface area contributed by atoms with Crippen molar-refractivity contribution in [3.63, 3.8) is 0 Å². The van der Waals surface area contributed by atoms with E-state index in [1.807, 2.05) is 0 Å². The van der Waals surface area contributed by atoms with Gasteiger partial charge in [-0.3, -0.25) is 10.1 Å². The van der Waals surface area contributed by atoms with E-state index < -0.39 is 17.0 Å². The fraction of sp³-hybridized carbons (Fsp3) is 0.200. The summed E-state index contributed by atoms with van der Waals surface area (Å²) in [6, 6.07) is 5.72. The second kappa shape index (κ2) is 4.20. The van der Waals surface area contributed by atoms with Crippen molar-refractivity contribution in [2.24, 2.45) is 5.16 Å². The number of nitro benzene ring substituents is 1. The monoisotopic (exact) mass is 236 g/mol. The molecule has 0 unspecified atom stereocenters. The molecule has 0 fully saturated rings. The Kier molecular flexibility index (Phi) is 2.73. The molecule has 0 saturated heterocycles. The summed E-state index contributed by atoms with van der Waals surface area (Å²) in [5.41, 5.74) is 1.08. The van der Waals surface area contributed by atoms with Gasteiger partial charge in [-0.1, -0.05) is 5.16 Å².